The fourth-order valence-corrected chi connectivity index (χ4v) is 4.05. The molecule has 2 atom stereocenters. The standard InChI is InChI=1S/C20H23N/c1-20(2,3)17-12-16(13-7-5-4-6-8-13)18-14-9-10-15(11-14)19(18)21-17/h4-8,12,14-15H,9-11H2,1-3H3. The average Bonchev–Trinajstić information content (AvgIpc) is 3.08. The Kier molecular flexibility index (Phi) is 2.76. The second kappa shape index (κ2) is 4.43. The van der Waals surface area contributed by atoms with Crippen LogP contribution in [0.2, 0.25) is 0 Å². The first-order chi connectivity index (χ1) is 10.0. The van der Waals surface area contributed by atoms with Gasteiger partial charge in [-0.25, -0.2) is 0 Å². The van der Waals surface area contributed by atoms with Gasteiger partial charge in [0, 0.05) is 22.7 Å². The molecule has 1 aromatic carbocycles. The van der Waals surface area contributed by atoms with E-state index in [1.807, 2.05) is 0 Å². The molecule has 0 aliphatic heterocycles. The fourth-order valence-electron chi connectivity index (χ4n) is 4.05. The van der Waals surface area contributed by atoms with Crippen molar-refractivity contribution in [2.24, 2.45) is 0 Å². The molecule has 21 heavy (non-hydrogen) atoms. The molecule has 2 bridgehead atoms. The number of hydrogen-bond acceptors (Lipinski definition) is 1. The van der Waals surface area contributed by atoms with Crippen molar-refractivity contribution >= 4 is 0 Å². The molecule has 1 nitrogen and oxygen atoms in total. The van der Waals surface area contributed by atoms with E-state index in [2.05, 4.69) is 57.2 Å². The van der Waals surface area contributed by atoms with Crippen molar-refractivity contribution in [3.05, 3.63) is 53.3 Å². The molecule has 1 aromatic heterocycles. The van der Waals surface area contributed by atoms with E-state index in [0.717, 1.165) is 11.8 Å². The van der Waals surface area contributed by atoms with Crippen LogP contribution in [0.15, 0.2) is 36.4 Å². The third-order valence-corrected chi connectivity index (χ3v) is 5.17. The molecule has 0 spiro atoms. The predicted octanol–water partition coefficient (Wildman–Crippen LogP) is 5.41. The van der Waals surface area contributed by atoms with Gasteiger partial charge in [-0.15, -0.1) is 0 Å². The molecular weight excluding hydrogens is 254 g/mol. The molecule has 2 aromatic rings. The molecule has 4 rings (SSSR count). The maximum absolute atomic E-state index is 5.09. The minimum atomic E-state index is 0.112. The zero-order valence-corrected chi connectivity index (χ0v) is 13.2. The van der Waals surface area contributed by atoms with E-state index >= 15 is 0 Å². The lowest BCUT2D eigenvalue weighted by Crippen LogP contribution is -2.17. The van der Waals surface area contributed by atoms with Gasteiger partial charge in [-0.2, -0.15) is 0 Å². The molecule has 1 heteroatoms. The van der Waals surface area contributed by atoms with E-state index in [9.17, 15) is 0 Å². The maximum atomic E-state index is 5.09. The van der Waals surface area contributed by atoms with Crippen molar-refractivity contribution < 1.29 is 0 Å². The van der Waals surface area contributed by atoms with Crippen LogP contribution in [0.5, 0.6) is 0 Å². The van der Waals surface area contributed by atoms with Gasteiger partial charge in [0.15, 0.2) is 0 Å². The molecule has 2 aliphatic carbocycles. The molecular formula is C20H23N. The van der Waals surface area contributed by atoms with Crippen LogP contribution < -0.4 is 0 Å². The van der Waals surface area contributed by atoms with Gasteiger partial charge in [0.1, 0.15) is 0 Å². The molecule has 0 amide bonds. The van der Waals surface area contributed by atoms with Crippen molar-refractivity contribution in [1.29, 1.82) is 0 Å². The van der Waals surface area contributed by atoms with E-state index in [4.69, 9.17) is 4.98 Å². The molecule has 1 heterocycles. The third-order valence-electron chi connectivity index (χ3n) is 5.17. The van der Waals surface area contributed by atoms with Crippen molar-refractivity contribution in [3.63, 3.8) is 0 Å². The molecule has 0 N–H and O–H groups in total. The van der Waals surface area contributed by atoms with Crippen molar-refractivity contribution in [3.8, 4) is 11.1 Å². The van der Waals surface area contributed by atoms with Crippen molar-refractivity contribution in [2.75, 3.05) is 0 Å². The van der Waals surface area contributed by atoms with Crippen LogP contribution in [0.4, 0.5) is 0 Å². The van der Waals surface area contributed by atoms with Crippen LogP contribution in [-0.2, 0) is 5.41 Å². The summed E-state index contributed by atoms with van der Waals surface area (Å²) < 4.78 is 0. The van der Waals surface area contributed by atoms with Gasteiger partial charge in [0.2, 0.25) is 0 Å². The lowest BCUT2D eigenvalue weighted by Gasteiger charge is -2.25. The lowest BCUT2D eigenvalue weighted by atomic mass is 9.84. The first-order valence-electron chi connectivity index (χ1n) is 8.15. The first kappa shape index (κ1) is 13.1. The highest BCUT2D eigenvalue weighted by molar-refractivity contribution is 5.71. The molecule has 108 valence electrons. The maximum Gasteiger partial charge on any atom is 0.0479 e. The van der Waals surface area contributed by atoms with Gasteiger partial charge >= 0.3 is 0 Å². The van der Waals surface area contributed by atoms with Gasteiger partial charge in [-0.1, -0.05) is 51.1 Å². The van der Waals surface area contributed by atoms with Gasteiger partial charge in [0.25, 0.3) is 0 Å². The summed E-state index contributed by atoms with van der Waals surface area (Å²) in [4.78, 5) is 5.09. The molecule has 1 fully saturated rings. The van der Waals surface area contributed by atoms with Crippen LogP contribution in [0.3, 0.4) is 0 Å². The molecule has 0 saturated heterocycles. The molecule has 2 unspecified atom stereocenters. The Morgan fingerprint density at radius 2 is 1.71 bits per heavy atom. The minimum absolute atomic E-state index is 0.112. The highest BCUT2D eigenvalue weighted by atomic mass is 14.8. The van der Waals surface area contributed by atoms with Crippen molar-refractivity contribution in [2.45, 2.75) is 57.3 Å². The van der Waals surface area contributed by atoms with Gasteiger partial charge < -0.3 is 0 Å². The summed E-state index contributed by atoms with van der Waals surface area (Å²) >= 11 is 0. The summed E-state index contributed by atoms with van der Waals surface area (Å²) in [5, 5.41) is 0. The van der Waals surface area contributed by atoms with Gasteiger partial charge in [-0.05, 0) is 47.9 Å². The van der Waals surface area contributed by atoms with E-state index in [1.54, 1.807) is 5.56 Å². The van der Waals surface area contributed by atoms with E-state index in [0.29, 0.717) is 0 Å². The Hall–Kier alpha value is -1.63. The number of pyridine rings is 1. The van der Waals surface area contributed by atoms with E-state index in [1.165, 1.54) is 41.8 Å². The quantitative estimate of drug-likeness (QED) is 0.679. The smallest absolute Gasteiger partial charge is 0.0479 e. The monoisotopic (exact) mass is 277 g/mol. The zero-order chi connectivity index (χ0) is 14.6. The topological polar surface area (TPSA) is 12.9 Å². The highest BCUT2D eigenvalue weighted by Crippen LogP contribution is 2.55. The largest absolute Gasteiger partial charge is 0.257 e. The van der Waals surface area contributed by atoms with E-state index < -0.39 is 0 Å². The van der Waals surface area contributed by atoms with Crippen LogP contribution in [0, 0.1) is 0 Å². The van der Waals surface area contributed by atoms with E-state index in [-0.39, 0.29) is 5.41 Å². The second-order valence-electron chi connectivity index (χ2n) is 7.68. The highest BCUT2D eigenvalue weighted by Gasteiger charge is 2.40. The molecule has 0 radical (unpaired) electrons. The Labute approximate surface area is 127 Å². The molecule has 1 saturated carbocycles. The normalized spacial score (nSPS) is 23.4. The fraction of sp³-hybridized carbons (Fsp3) is 0.450. The summed E-state index contributed by atoms with van der Waals surface area (Å²) in [5.41, 5.74) is 7.13. The van der Waals surface area contributed by atoms with Crippen molar-refractivity contribution in [1.82, 2.24) is 4.98 Å². The Bertz CT molecular complexity index is 679. The Morgan fingerprint density at radius 1 is 1.00 bits per heavy atom. The summed E-state index contributed by atoms with van der Waals surface area (Å²) in [6.45, 7) is 6.80. The third kappa shape index (κ3) is 2.02. The van der Waals surface area contributed by atoms with Crippen LogP contribution >= 0.6 is 0 Å². The van der Waals surface area contributed by atoms with Crippen LogP contribution in [0.25, 0.3) is 11.1 Å². The first-order valence-corrected chi connectivity index (χ1v) is 8.15. The van der Waals surface area contributed by atoms with Crippen LogP contribution in [0.1, 0.15) is 68.8 Å². The number of hydrogen-bond donors (Lipinski definition) is 0. The average molecular weight is 277 g/mol. The summed E-state index contributed by atoms with van der Waals surface area (Å²) in [7, 11) is 0. The Morgan fingerprint density at radius 3 is 2.43 bits per heavy atom. The predicted molar refractivity (Wildman–Crippen MR) is 87.7 cm³/mol. The number of nitrogens with zero attached hydrogens (tertiary/aromatic N) is 1. The van der Waals surface area contributed by atoms with Crippen LogP contribution in [-0.4, -0.2) is 4.98 Å². The van der Waals surface area contributed by atoms with Gasteiger partial charge in [-0.3, -0.25) is 4.98 Å². The van der Waals surface area contributed by atoms with Gasteiger partial charge in [0.05, 0.1) is 0 Å². The molecule has 2 aliphatic rings. The Balaban J connectivity index is 1.97. The SMILES string of the molecule is CC(C)(C)c1cc(-c2ccccc2)c2c(n1)C1CCC2C1. The number of aromatic nitrogens is 1. The lowest BCUT2D eigenvalue weighted by molar-refractivity contribution is 0.559. The summed E-state index contributed by atoms with van der Waals surface area (Å²) in [6.07, 6.45) is 4.02. The second-order valence-corrected chi connectivity index (χ2v) is 7.68. The summed E-state index contributed by atoms with van der Waals surface area (Å²) in [6, 6.07) is 13.2. The summed E-state index contributed by atoms with van der Waals surface area (Å²) in [5.74, 6) is 1.47. The number of benzene rings is 1. The number of fused-ring (bicyclic) bond motifs is 5. The minimum Gasteiger partial charge on any atom is -0.257 e. The zero-order valence-electron chi connectivity index (χ0n) is 13.2. The number of rotatable bonds is 1.